The zero-order valence-corrected chi connectivity index (χ0v) is 19.9. The molecule has 1 aliphatic heterocycles. The molecule has 2 aliphatic rings. The fraction of sp³-hybridized carbons (Fsp3) is 0.619. The first-order valence-electron chi connectivity index (χ1n) is 10.3. The summed E-state index contributed by atoms with van der Waals surface area (Å²) in [5.74, 6) is 1.89. The van der Waals surface area contributed by atoms with Crippen molar-refractivity contribution in [1.29, 1.82) is 0 Å². The van der Waals surface area contributed by atoms with Gasteiger partial charge in [0.1, 0.15) is 5.75 Å². The lowest BCUT2D eigenvalue weighted by atomic mass is 10.2. The van der Waals surface area contributed by atoms with E-state index < -0.39 is 0 Å². The molecule has 3 rings (SSSR count). The van der Waals surface area contributed by atoms with Gasteiger partial charge < -0.3 is 25.2 Å². The van der Waals surface area contributed by atoms with Gasteiger partial charge in [-0.3, -0.25) is 9.79 Å². The Bertz CT molecular complexity index is 671. The molecule has 1 heterocycles. The Morgan fingerprint density at radius 1 is 1.21 bits per heavy atom. The maximum Gasteiger partial charge on any atom is 0.221 e. The highest BCUT2D eigenvalue weighted by atomic mass is 127. The predicted octanol–water partition coefficient (Wildman–Crippen LogP) is 2.46. The molecule has 0 aromatic heterocycles. The van der Waals surface area contributed by atoms with E-state index in [-0.39, 0.29) is 29.9 Å². The van der Waals surface area contributed by atoms with Gasteiger partial charge in [-0.15, -0.1) is 24.0 Å². The fourth-order valence-electron chi connectivity index (χ4n) is 3.97. The number of aliphatic imine (C=N–C) groups is 1. The van der Waals surface area contributed by atoms with Crippen LogP contribution in [0.1, 0.15) is 32.1 Å². The highest BCUT2D eigenvalue weighted by molar-refractivity contribution is 14.0. The number of rotatable bonds is 6. The summed E-state index contributed by atoms with van der Waals surface area (Å²) in [6.07, 6.45) is 5.20. The first-order valence-corrected chi connectivity index (χ1v) is 10.3. The molecule has 0 atom stereocenters. The molecule has 2 N–H and O–H groups in total. The lowest BCUT2D eigenvalue weighted by Crippen LogP contribution is -2.53. The highest BCUT2D eigenvalue weighted by Crippen LogP contribution is 2.22. The van der Waals surface area contributed by atoms with Crippen molar-refractivity contribution >= 4 is 41.5 Å². The molecular weight excluding hydrogens is 481 g/mol. The average Bonchev–Trinajstić information content (AvgIpc) is 3.24. The van der Waals surface area contributed by atoms with Crippen molar-refractivity contribution < 1.29 is 9.53 Å². The Morgan fingerprint density at radius 2 is 1.93 bits per heavy atom. The van der Waals surface area contributed by atoms with E-state index in [4.69, 9.17) is 4.74 Å². The lowest BCUT2D eigenvalue weighted by molar-refractivity contribution is -0.121. The van der Waals surface area contributed by atoms with Crippen LogP contribution in [0, 0.1) is 0 Å². The molecule has 8 heteroatoms. The van der Waals surface area contributed by atoms with Gasteiger partial charge in [0, 0.05) is 64.0 Å². The first kappa shape index (κ1) is 23.6. The van der Waals surface area contributed by atoms with Crippen LogP contribution in [0.15, 0.2) is 29.3 Å². The van der Waals surface area contributed by atoms with Gasteiger partial charge in [0.2, 0.25) is 5.91 Å². The van der Waals surface area contributed by atoms with Crippen molar-refractivity contribution in [3.05, 3.63) is 24.3 Å². The molecule has 1 amide bonds. The second-order valence-corrected chi connectivity index (χ2v) is 7.45. The van der Waals surface area contributed by atoms with Gasteiger partial charge in [0.05, 0.1) is 7.11 Å². The molecule has 1 saturated carbocycles. The smallest absolute Gasteiger partial charge is 0.221 e. The number of benzene rings is 1. The topological polar surface area (TPSA) is 69.2 Å². The van der Waals surface area contributed by atoms with E-state index in [1.165, 1.54) is 18.5 Å². The van der Waals surface area contributed by atoms with Crippen LogP contribution >= 0.6 is 24.0 Å². The zero-order chi connectivity index (χ0) is 19.8. The summed E-state index contributed by atoms with van der Waals surface area (Å²) in [5.41, 5.74) is 1.19. The second-order valence-electron chi connectivity index (χ2n) is 7.45. The van der Waals surface area contributed by atoms with Crippen LogP contribution in [0.25, 0.3) is 0 Å². The molecule has 0 radical (unpaired) electrons. The minimum Gasteiger partial charge on any atom is -0.497 e. The monoisotopic (exact) mass is 515 g/mol. The number of piperazine rings is 1. The number of amides is 1. The molecule has 29 heavy (non-hydrogen) atoms. The van der Waals surface area contributed by atoms with Gasteiger partial charge >= 0.3 is 0 Å². The van der Waals surface area contributed by atoms with Crippen LogP contribution in [0.4, 0.5) is 5.69 Å². The number of hydrogen-bond acceptors (Lipinski definition) is 4. The maximum absolute atomic E-state index is 12.1. The summed E-state index contributed by atoms with van der Waals surface area (Å²) in [6.45, 7) is 4.25. The summed E-state index contributed by atoms with van der Waals surface area (Å²) in [5, 5.41) is 6.48. The molecule has 1 aromatic carbocycles. The molecule has 0 bridgehead atoms. The molecule has 0 unspecified atom stereocenters. The van der Waals surface area contributed by atoms with E-state index in [0.29, 0.717) is 19.0 Å². The Hall–Kier alpha value is -1.71. The summed E-state index contributed by atoms with van der Waals surface area (Å²) in [7, 11) is 3.50. The molecule has 1 saturated heterocycles. The summed E-state index contributed by atoms with van der Waals surface area (Å²) >= 11 is 0. The number of methoxy groups -OCH3 is 1. The van der Waals surface area contributed by atoms with Gasteiger partial charge in [0.15, 0.2) is 5.96 Å². The Labute approximate surface area is 191 Å². The number of nitrogens with zero attached hydrogens (tertiary/aromatic N) is 3. The third-order valence-corrected chi connectivity index (χ3v) is 5.56. The van der Waals surface area contributed by atoms with Crippen molar-refractivity contribution in [2.75, 3.05) is 51.8 Å². The van der Waals surface area contributed by atoms with E-state index in [0.717, 1.165) is 50.7 Å². The SMILES string of the molecule is CN=C(NCCC(=O)NC1CCCC1)N1CCN(c2cccc(OC)c2)CC1.I. The molecule has 1 aromatic rings. The quantitative estimate of drug-likeness (QED) is 0.346. The van der Waals surface area contributed by atoms with E-state index >= 15 is 0 Å². The van der Waals surface area contributed by atoms with Crippen LogP contribution in [0.2, 0.25) is 0 Å². The Morgan fingerprint density at radius 3 is 2.59 bits per heavy atom. The number of halogens is 1. The number of nitrogens with one attached hydrogen (secondary N) is 2. The van der Waals surface area contributed by atoms with Crippen molar-refractivity contribution in [3.8, 4) is 5.75 Å². The minimum absolute atomic E-state index is 0. The van der Waals surface area contributed by atoms with Crippen LogP contribution in [-0.4, -0.2) is 69.7 Å². The number of carbonyl (C=O) groups excluding carboxylic acids is 1. The van der Waals surface area contributed by atoms with E-state index in [9.17, 15) is 4.79 Å². The minimum atomic E-state index is 0. The van der Waals surface area contributed by atoms with Crippen molar-refractivity contribution in [2.45, 2.75) is 38.1 Å². The second kappa shape index (κ2) is 12.1. The molecule has 0 spiro atoms. The van der Waals surface area contributed by atoms with Crippen molar-refractivity contribution in [1.82, 2.24) is 15.5 Å². The van der Waals surface area contributed by atoms with Crippen LogP contribution in [0.5, 0.6) is 5.75 Å². The lowest BCUT2D eigenvalue weighted by Gasteiger charge is -2.37. The van der Waals surface area contributed by atoms with Gasteiger partial charge in [-0.25, -0.2) is 0 Å². The Balaban J connectivity index is 0.00000300. The molecule has 1 aliphatic carbocycles. The van der Waals surface area contributed by atoms with Crippen molar-refractivity contribution in [3.63, 3.8) is 0 Å². The van der Waals surface area contributed by atoms with E-state index in [1.54, 1.807) is 14.2 Å². The van der Waals surface area contributed by atoms with E-state index in [1.807, 2.05) is 12.1 Å². The highest BCUT2D eigenvalue weighted by Gasteiger charge is 2.21. The third-order valence-electron chi connectivity index (χ3n) is 5.56. The Kier molecular flexibility index (Phi) is 9.83. The summed E-state index contributed by atoms with van der Waals surface area (Å²) in [6, 6.07) is 8.57. The van der Waals surface area contributed by atoms with Crippen LogP contribution < -0.4 is 20.3 Å². The number of guanidine groups is 1. The van der Waals surface area contributed by atoms with Crippen LogP contribution in [-0.2, 0) is 4.79 Å². The summed E-state index contributed by atoms with van der Waals surface area (Å²) < 4.78 is 5.33. The van der Waals surface area contributed by atoms with Gasteiger partial charge in [-0.2, -0.15) is 0 Å². The van der Waals surface area contributed by atoms with Crippen molar-refractivity contribution in [2.24, 2.45) is 4.99 Å². The number of hydrogen-bond donors (Lipinski definition) is 2. The third kappa shape index (κ3) is 6.94. The van der Waals surface area contributed by atoms with Gasteiger partial charge in [0.25, 0.3) is 0 Å². The predicted molar refractivity (Wildman–Crippen MR) is 129 cm³/mol. The fourth-order valence-corrected chi connectivity index (χ4v) is 3.97. The number of carbonyl (C=O) groups is 1. The summed E-state index contributed by atoms with van der Waals surface area (Å²) in [4.78, 5) is 21.1. The molecular formula is C21H34IN5O2. The number of anilines is 1. The van der Waals surface area contributed by atoms with E-state index in [2.05, 4.69) is 37.6 Å². The normalized spacial score (nSPS) is 17.7. The molecule has 162 valence electrons. The molecule has 7 nitrogen and oxygen atoms in total. The maximum atomic E-state index is 12.1. The first-order chi connectivity index (χ1) is 13.7. The standard InChI is InChI=1S/C21H33N5O2.HI/c1-22-21(23-11-10-20(27)24-17-6-3-4-7-17)26-14-12-25(13-15-26)18-8-5-9-19(16-18)28-2;/h5,8-9,16-17H,3-4,6-7,10-15H2,1-2H3,(H,22,23)(H,24,27);1H. The average molecular weight is 515 g/mol. The van der Waals surface area contributed by atoms with Gasteiger partial charge in [-0.05, 0) is 25.0 Å². The molecule has 2 fully saturated rings. The number of ether oxygens (including phenoxy) is 1. The van der Waals surface area contributed by atoms with Gasteiger partial charge in [-0.1, -0.05) is 18.9 Å². The van der Waals surface area contributed by atoms with Crippen LogP contribution in [0.3, 0.4) is 0 Å². The zero-order valence-electron chi connectivity index (χ0n) is 17.5. The largest absolute Gasteiger partial charge is 0.497 e.